The first-order valence-corrected chi connectivity index (χ1v) is 15.7. The molecule has 2 amide bonds. The van der Waals surface area contributed by atoms with E-state index in [1.807, 2.05) is 23.1 Å². The van der Waals surface area contributed by atoms with Crippen LogP contribution in [0, 0.1) is 0 Å². The van der Waals surface area contributed by atoms with Crippen LogP contribution in [0.5, 0.6) is 0 Å². The number of amides is 2. The van der Waals surface area contributed by atoms with Gasteiger partial charge >= 0.3 is 6.18 Å². The van der Waals surface area contributed by atoms with Crippen molar-refractivity contribution in [3.63, 3.8) is 0 Å². The van der Waals surface area contributed by atoms with Crippen LogP contribution in [0.4, 0.5) is 19.0 Å². The molecule has 3 saturated heterocycles. The summed E-state index contributed by atoms with van der Waals surface area (Å²) in [4.78, 5) is 39.4. The molecule has 1 saturated carbocycles. The Bertz CT molecular complexity index is 1360. The number of nitrogens with one attached hydrogen (secondary N) is 1. The molecule has 9 nitrogen and oxygen atoms in total. The van der Waals surface area contributed by atoms with Crippen molar-refractivity contribution in [1.82, 2.24) is 25.0 Å². The number of likely N-dealkylation sites (N-methyl/N-ethyl adjacent to an activating group) is 1. The number of likely N-dealkylation sites (tertiary alicyclic amines) is 2. The summed E-state index contributed by atoms with van der Waals surface area (Å²) in [5, 5.41) is 14.2. The van der Waals surface area contributed by atoms with Gasteiger partial charge in [0.2, 0.25) is 5.91 Å². The number of aromatic nitrogens is 1. The number of aliphatic hydroxyl groups is 1. The first-order chi connectivity index (χ1) is 21.0. The van der Waals surface area contributed by atoms with Crippen LogP contribution in [0.15, 0.2) is 42.5 Å². The molecule has 2 N–H and O–H groups in total. The van der Waals surface area contributed by atoms with Crippen LogP contribution in [0.25, 0.3) is 0 Å². The van der Waals surface area contributed by atoms with Gasteiger partial charge in [-0.2, -0.15) is 13.2 Å². The Hall–Kier alpha value is -3.22. The number of hydrogen-bond acceptors (Lipinski definition) is 7. The number of piperazine rings is 1. The highest BCUT2D eigenvalue weighted by atomic mass is 19.4. The first kappa shape index (κ1) is 30.8. The third-order valence-electron chi connectivity index (χ3n) is 10.1. The molecule has 2 atom stereocenters. The zero-order valence-electron chi connectivity index (χ0n) is 25.1. The van der Waals surface area contributed by atoms with Gasteiger partial charge in [0.25, 0.3) is 5.91 Å². The van der Waals surface area contributed by atoms with Gasteiger partial charge in [-0.05, 0) is 75.9 Å². The van der Waals surface area contributed by atoms with Crippen molar-refractivity contribution in [3.8, 4) is 0 Å². The van der Waals surface area contributed by atoms with E-state index in [0.717, 1.165) is 82.1 Å². The maximum atomic E-state index is 13.1. The highest BCUT2D eigenvalue weighted by Crippen LogP contribution is 2.42. The molecule has 1 aliphatic carbocycles. The lowest BCUT2D eigenvalue weighted by molar-refractivity contribution is -0.137. The second kappa shape index (κ2) is 12.3. The summed E-state index contributed by atoms with van der Waals surface area (Å²) in [6, 6.07) is 10.8. The zero-order valence-corrected chi connectivity index (χ0v) is 25.1. The predicted octanol–water partition coefficient (Wildman–Crippen LogP) is 3.09. The molecule has 0 radical (unpaired) electrons. The molecule has 4 heterocycles. The molecule has 3 aliphatic heterocycles. The van der Waals surface area contributed by atoms with Crippen molar-refractivity contribution in [3.05, 3.63) is 59.3 Å². The lowest BCUT2D eigenvalue weighted by Crippen LogP contribution is -2.48. The Kier molecular flexibility index (Phi) is 8.60. The van der Waals surface area contributed by atoms with E-state index in [1.54, 1.807) is 0 Å². The summed E-state index contributed by atoms with van der Waals surface area (Å²) in [6.45, 7) is 5.04. The standard InChI is InChI=1S/C32H41F3N6O3/c1-38-16-18-39(19-17-38)28-7-3-6-27(37-28)31(44)12-8-24(9-13-31)40-14-10-26-25(40)11-15-41(26)29(42)21-36-30(43)22-4-2-5-23(20-22)32(33,34)35/h2-7,20,24-26,44H,8-19,21H2,1H3,(H,36,43)/t24?,25-,26-,31?/m1/s1. The van der Waals surface area contributed by atoms with Crippen molar-refractivity contribution in [2.24, 2.45) is 0 Å². The number of carbonyl (C=O) groups is 2. The monoisotopic (exact) mass is 614 g/mol. The number of pyridine rings is 1. The molecule has 1 aromatic carbocycles. The predicted molar refractivity (Wildman–Crippen MR) is 159 cm³/mol. The smallest absolute Gasteiger partial charge is 0.384 e. The minimum atomic E-state index is -4.55. The lowest BCUT2D eigenvalue weighted by atomic mass is 9.79. The number of nitrogens with zero attached hydrogens (tertiary/aromatic N) is 5. The number of alkyl halides is 3. The second-order valence-electron chi connectivity index (χ2n) is 12.7. The Labute approximate surface area is 256 Å². The van der Waals surface area contributed by atoms with Gasteiger partial charge in [0, 0.05) is 63.0 Å². The SMILES string of the molecule is CN1CCN(c2cccc(C3(O)CCC(N4CC[C@@H]5[C@H]4CCN5C(=O)CNC(=O)c4cccc(C(F)(F)F)c4)CC3)n2)CC1. The molecule has 4 fully saturated rings. The largest absolute Gasteiger partial charge is 0.416 e. The fraction of sp³-hybridized carbons (Fsp3) is 0.594. The molecule has 6 rings (SSSR count). The summed E-state index contributed by atoms with van der Waals surface area (Å²) >= 11 is 0. The van der Waals surface area contributed by atoms with Gasteiger partial charge in [-0.25, -0.2) is 4.98 Å². The Morgan fingerprint density at radius 2 is 1.66 bits per heavy atom. The van der Waals surface area contributed by atoms with E-state index in [9.17, 15) is 27.9 Å². The maximum Gasteiger partial charge on any atom is 0.416 e. The Balaban J connectivity index is 1.01. The number of hydrogen-bond donors (Lipinski definition) is 2. The maximum absolute atomic E-state index is 13.1. The van der Waals surface area contributed by atoms with Crippen molar-refractivity contribution >= 4 is 17.6 Å². The molecule has 0 unspecified atom stereocenters. The van der Waals surface area contributed by atoms with Crippen LogP contribution < -0.4 is 10.2 Å². The lowest BCUT2D eigenvalue weighted by Gasteiger charge is -2.41. The quantitative estimate of drug-likeness (QED) is 0.517. The minimum absolute atomic E-state index is 0.0516. The number of fused-ring (bicyclic) bond motifs is 1. The van der Waals surface area contributed by atoms with Crippen LogP contribution in [-0.4, -0.2) is 108 Å². The zero-order chi connectivity index (χ0) is 31.1. The average Bonchev–Trinajstić information content (AvgIpc) is 3.63. The highest BCUT2D eigenvalue weighted by Gasteiger charge is 2.48. The molecular formula is C32H41F3N6O3. The van der Waals surface area contributed by atoms with E-state index in [-0.39, 0.29) is 30.1 Å². The van der Waals surface area contributed by atoms with E-state index >= 15 is 0 Å². The van der Waals surface area contributed by atoms with Crippen molar-refractivity contribution in [2.75, 3.05) is 57.8 Å². The van der Waals surface area contributed by atoms with Gasteiger partial charge in [-0.1, -0.05) is 12.1 Å². The number of benzene rings is 1. The molecule has 1 aromatic heterocycles. The van der Waals surface area contributed by atoms with Crippen molar-refractivity contribution in [2.45, 2.75) is 68.4 Å². The normalized spacial score (nSPS) is 28.2. The first-order valence-electron chi connectivity index (χ1n) is 15.7. The van der Waals surface area contributed by atoms with Gasteiger partial charge in [0.05, 0.1) is 17.8 Å². The van der Waals surface area contributed by atoms with Gasteiger partial charge in [-0.15, -0.1) is 0 Å². The summed E-state index contributed by atoms with van der Waals surface area (Å²) in [5.41, 5.74) is -1.23. The molecule has 0 bridgehead atoms. The molecule has 2 aromatic rings. The van der Waals surface area contributed by atoms with E-state index in [4.69, 9.17) is 4.98 Å². The molecule has 12 heteroatoms. The Morgan fingerprint density at radius 1 is 0.955 bits per heavy atom. The van der Waals surface area contributed by atoms with Crippen LogP contribution in [0.3, 0.4) is 0 Å². The summed E-state index contributed by atoms with van der Waals surface area (Å²) in [7, 11) is 2.12. The second-order valence-corrected chi connectivity index (χ2v) is 12.7. The number of rotatable bonds is 6. The minimum Gasteiger partial charge on any atom is -0.384 e. The van der Waals surface area contributed by atoms with E-state index in [1.165, 1.54) is 12.1 Å². The Morgan fingerprint density at radius 3 is 2.39 bits per heavy atom. The van der Waals surface area contributed by atoms with Gasteiger partial charge < -0.3 is 25.1 Å². The fourth-order valence-electron chi connectivity index (χ4n) is 7.54. The van der Waals surface area contributed by atoms with E-state index in [0.29, 0.717) is 25.4 Å². The van der Waals surface area contributed by atoms with E-state index < -0.39 is 23.2 Å². The highest BCUT2D eigenvalue weighted by molar-refractivity contribution is 5.96. The molecule has 4 aliphatic rings. The topological polar surface area (TPSA) is 92.3 Å². The fourth-order valence-corrected chi connectivity index (χ4v) is 7.54. The number of carbonyl (C=O) groups excluding carboxylic acids is 2. The third kappa shape index (κ3) is 6.29. The third-order valence-corrected chi connectivity index (χ3v) is 10.1. The van der Waals surface area contributed by atoms with Crippen LogP contribution >= 0.6 is 0 Å². The van der Waals surface area contributed by atoms with Crippen molar-refractivity contribution in [1.29, 1.82) is 0 Å². The molecule has 238 valence electrons. The van der Waals surface area contributed by atoms with Gasteiger partial charge in [0.1, 0.15) is 11.4 Å². The summed E-state index contributed by atoms with van der Waals surface area (Å²) < 4.78 is 39.1. The van der Waals surface area contributed by atoms with Crippen molar-refractivity contribution < 1.29 is 27.9 Å². The molecule has 0 spiro atoms. The van der Waals surface area contributed by atoms with E-state index in [2.05, 4.69) is 27.1 Å². The number of anilines is 1. The van der Waals surface area contributed by atoms with Crippen LogP contribution in [0.2, 0.25) is 0 Å². The van der Waals surface area contributed by atoms with Gasteiger partial charge in [-0.3, -0.25) is 14.5 Å². The number of halogens is 3. The summed E-state index contributed by atoms with van der Waals surface area (Å²) in [6.07, 6.45) is 0.0987. The summed E-state index contributed by atoms with van der Waals surface area (Å²) in [5.74, 6) is 0.00534. The molecular weight excluding hydrogens is 573 g/mol. The van der Waals surface area contributed by atoms with Crippen LogP contribution in [0.1, 0.15) is 60.1 Å². The van der Waals surface area contributed by atoms with Crippen LogP contribution in [-0.2, 0) is 16.6 Å². The molecule has 44 heavy (non-hydrogen) atoms. The average molecular weight is 615 g/mol. The van der Waals surface area contributed by atoms with Gasteiger partial charge in [0.15, 0.2) is 0 Å².